The lowest BCUT2D eigenvalue weighted by atomic mass is 9.93. The van der Waals surface area contributed by atoms with E-state index < -0.39 is 33.5 Å². The van der Waals surface area contributed by atoms with E-state index in [0.29, 0.717) is 17.5 Å². The number of sulfone groups is 1. The number of amides is 1. The summed E-state index contributed by atoms with van der Waals surface area (Å²) in [7, 11) is -3.37. The lowest BCUT2D eigenvalue weighted by Crippen LogP contribution is -2.45. The van der Waals surface area contributed by atoms with Gasteiger partial charge in [-0.15, -0.1) is 0 Å². The van der Waals surface area contributed by atoms with Crippen molar-refractivity contribution >= 4 is 21.9 Å². The van der Waals surface area contributed by atoms with E-state index in [0.717, 1.165) is 12.8 Å². The topological polar surface area (TPSA) is 101 Å². The Kier molecular flexibility index (Phi) is 4.96. The Hall–Kier alpha value is -2.09. The fourth-order valence-corrected chi connectivity index (χ4v) is 5.01. The van der Waals surface area contributed by atoms with Gasteiger partial charge in [0.25, 0.3) is 0 Å². The molecule has 1 amide bonds. The van der Waals surface area contributed by atoms with Crippen LogP contribution in [0.2, 0.25) is 0 Å². The zero-order valence-electron chi connectivity index (χ0n) is 15.8. The predicted molar refractivity (Wildman–Crippen MR) is 98.2 cm³/mol. The van der Waals surface area contributed by atoms with Crippen molar-refractivity contribution in [1.29, 1.82) is 0 Å². The highest BCUT2D eigenvalue weighted by Gasteiger charge is 2.39. The van der Waals surface area contributed by atoms with Crippen LogP contribution in [0.3, 0.4) is 0 Å². The van der Waals surface area contributed by atoms with E-state index in [1.807, 2.05) is 0 Å². The van der Waals surface area contributed by atoms with Crippen molar-refractivity contribution in [2.45, 2.75) is 56.6 Å². The normalized spacial score (nSPS) is 20.1. The minimum atomic E-state index is -3.37. The number of carbonyl (C=O) groups is 2. The van der Waals surface area contributed by atoms with E-state index in [-0.39, 0.29) is 23.1 Å². The largest absolute Gasteiger partial charge is 0.479 e. The van der Waals surface area contributed by atoms with Gasteiger partial charge in [0.15, 0.2) is 15.9 Å². The molecule has 1 unspecified atom stereocenters. The first-order valence-corrected chi connectivity index (χ1v) is 10.7. The number of carboxylic acid groups (broad SMARTS) is 1. The molecule has 7 nitrogen and oxygen atoms in total. The van der Waals surface area contributed by atoms with Crippen molar-refractivity contribution in [2.75, 3.05) is 12.3 Å². The minimum Gasteiger partial charge on any atom is -0.479 e. The van der Waals surface area contributed by atoms with Gasteiger partial charge in [0, 0.05) is 6.54 Å². The van der Waals surface area contributed by atoms with Crippen molar-refractivity contribution in [3.8, 4) is 0 Å². The molecule has 1 N–H and O–H groups in total. The predicted octanol–water partition coefficient (Wildman–Crippen LogP) is 2.79. The van der Waals surface area contributed by atoms with Crippen LogP contribution >= 0.6 is 0 Å². The number of ether oxygens (including phenoxy) is 1. The zero-order chi connectivity index (χ0) is 20.0. The Labute approximate surface area is 159 Å². The number of carboxylic acids is 1. The first-order chi connectivity index (χ1) is 12.5. The summed E-state index contributed by atoms with van der Waals surface area (Å²) in [6, 6.07) is 3.34. The van der Waals surface area contributed by atoms with Gasteiger partial charge in [-0.25, -0.2) is 18.0 Å². The summed E-state index contributed by atoms with van der Waals surface area (Å²) in [6.07, 6.45) is 1.57. The molecule has 0 spiro atoms. The van der Waals surface area contributed by atoms with E-state index in [1.165, 1.54) is 17.0 Å². The van der Waals surface area contributed by atoms with Crippen molar-refractivity contribution < 1.29 is 27.9 Å². The number of aliphatic carboxylic acids is 1. The van der Waals surface area contributed by atoms with E-state index >= 15 is 0 Å². The Morgan fingerprint density at radius 3 is 2.48 bits per heavy atom. The van der Waals surface area contributed by atoms with E-state index in [9.17, 15) is 23.1 Å². The van der Waals surface area contributed by atoms with Crippen molar-refractivity contribution in [3.63, 3.8) is 0 Å². The lowest BCUT2D eigenvalue weighted by Gasteiger charge is -2.36. The van der Waals surface area contributed by atoms with Gasteiger partial charge in [0.05, 0.1) is 10.6 Å². The van der Waals surface area contributed by atoms with Crippen LogP contribution in [0.15, 0.2) is 23.1 Å². The Balaban J connectivity index is 1.91. The molecule has 1 aliphatic heterocycles. The van der Waals surface area contributed by atoms with Gasteiger partial charge < -0.3 is 9.84 Å². The minimum absolute atomic E-state index is 0.137. The summed E-state index contributed by atoms with van der Waals surface area (Å²) < 4.78 is 30.4. The van der Waals surface area contributed by atoms with Crippen LogP contribution in [-0.4, -0.2) is 48.4 Å². The number of carbonyl (C=O) groups excluding carboxylic acids is 1. The van der Waals surface area contributed by atoms with E-state index in [2.05, 4.69) is 0 Å². The summed E-state index contributed by atoms with van der Waals surface area (Å²) in [5, 5.41) is 9.69. The number of fused-ring (bicyclic) bond motifs is 1. The molecule has 1 heterocycles. The fraction of sp³-hybridized carbons (Fsp3) is 0.579. The maximum atomic E-state index is 12.5. The molecule has 2 aliphatic rings. The third-order valence-electron chi connectivity index (χ3n) is 4.72. The number of hydrogen-bond donors (Lipinski definition) is 1. The highest BCUT2D eigenvalue weighted by molar-refractivity contribution is 7.91. The smallest absolute Gasteiger partial charge is 0.411 e. The average molecular weight is 395 g/mol. The van der Waals surface area contributed by atoms with Gasteiger partial charge in [0.1, 0.15) is 5.60 Å². The Morgan fingerprint density at radius 1 is 1.26 bits per heavy atom. The standard InChI is InChI=1S/C19H25NO6S/c1-19(2,3)26-18(23)20-9-8-13-10-14(27(24,25)11-12-4-5-12)6-7-15(13)16(20)17(21)22/h6-7,10,12,16H,4-5,8-9,11H2,1-3H3,(H,21,22). The number of benzene rings is 1. The van der Waals surface area contributed by atoms with Gasteiger partial charge in [0.2, 0.25) is 0 Å². The van der Waals surface area contributed by atoms with Gasteiger partial charge in [-0.1, -0.05) is 6.07 Å². The van der Waals surface area contributed by atoms with Crippen LogP contribution in [0.25, 0.3) is 0 Å². The zero-order valence-corrected chi connectivity index (χ0v) is 16.6. The van der Waals surface area contributed by atoms with Crippen LogP contribution < -0.4 is 0 Å². The molecule has 0 bridgehead atoms. The second-order valence-corrected chi connectivity index (χ2v) is 10.3. The highest BCUT2D eigenvalue weighted by Crippen LogP contribution is 2.35. The molecule has 3 rings (SSSR count). The van der Waals surface area contributed by atoms with Gasteiger partial charge in [-0.2, -0.15) is 0 Å². The van der Waals surface area contributed by atoms with Crippen LogP contribution in [0.1, 0.15) is 50.8 Å². The van der Waals surface area contributed by atoms with E-state index in [1.54, 1.807) is 26.8 Å². The number of rotatable bonds is 4. The molecule has 0 aromatic heterocycles. The summed E-state index contributed by atoms with van der Waals surface area (Å²) in [4.78, 5) is 25.7. The van der Waals surface area contributed by atoms with Crippen LogP contribution in [0, 0.1) is 5.92 Å². The second-order valence-electron chi connectivity index (χ2n) is 8.25. The molecule has 148 valence electrons. The fourth-order valence-electron chi connectivity index (χ4n) is 3.27. The van der Waals surface area contributed by atoms with E-state index in [4.69, 9.17) is 4.74 Å². The van der Waals surface area contributed by atoms with Gasteiger partial charge >= 0.3 is 12.1 Å². The molecular formula is C19H25NO6S. The molecule has 1 aromatic carbocycles. The first-order valence-electron chi connectivity index (χ1n) is 9.06. The first kappa shape index (κ1) is 19.7. The van der Waals surface area contributed by atoms with Crippen molar-refractivity contribution in [3.05, 3.63) is 29.3 Å². The molecule has 1 fully saturated rings. The maximum absolute atomic E-state index is 12.5. The molecule has 1 saturated carbocycles. The quantitative estimate of drug-likeness (QED) is 0.841. The SMILES string of the molecule is CC(C)(C)OC(=O)N1CCc2cc(S(=O)(=O)CC3CC3)ccc2C1C(=O)O. The van der Waals surface area contributed by atoms with Crippen molar-refractivity contribution in [2.24, 2.45) is 5.92 Å². The van der Waals surface area contributed by atoms with Crippen molar-refractivity contribution in [1.82, 2.24) is 4.90 Å². The average Bonchev–Trinajstić information content (AvgIpc) is 3.34. The van der Waals surface area contributed by atoms with Crippen LogP contribution in [0.5, 0.6) is 0 Å². The molecule has 27 heavy (non-hydrogen) atoms. The van der Waals surface area contributed by atoms with Gasteiger partial charge in [-0.05, 0) is 69.2 Å². The van der Waals surface area contributed by atoms with Gasteiger partial charge in [-0.3, -0.25) is 4.90 Å². The Bertz CT molecular complexity index is 867. The lowest BCUT2D eigenvalue weighted by molar-refractivity contribution is -0.143. The summed E-state index contributed by atoms with van der Waals surface area (Å²) in [6.45, 7) is 5.31. The Morgan fingerprint density at radius 2 is 1.93 bits per heavy atom. The molecule has 0 saturated heterocycles. The molecule has 8 heteroatoms. The third kappa shape index (κ3) is 4.43. The summed E-state index contributed by atoms with van der Waals surface area (Å²) in [5.41, 5.74) is 0.352. The maximum Gasteiger partial charge on any atom is 0.411 e. The third-order valence-corrected chi connectivity index (χ3v) is 6.60. The molecule has 0 radical (unpaired) electrons. The molecule has 1 aromatic rings. The summed E-state index contributed by atoms with van der Waals surface area (Å²) >= 11 is 0. The number of hydrogen-bond acceptors (Lipinski definition) is 5. The number of nitrogens with zero attached hydrogens (tertiary/aromatic N) is 1. The second kappa shape index (κ2) is 6.82. The molecule has 1 atom stereocenters. The monoisotopic (exact) mass is 395 g/mol. The van der Waals surface area contributed by atoms with Crippen LogP contribution in [0.4, 0.5) is 4.79 Å². The van der Waals surface area contributed by atoms with Crippen LogP contribution in [-0.2, 0) is 25.8 Å². The summed E-state index contributed by atoms with van der Waals surface area (Å²) in [5.74, 6) is -0.797. The molecule has 1 aliphatic carbocycles. The molecular weight excluding hydrogens is 370 g/mol. The highest BCUT2D eigenvalue weighted by atomic mass is 32.2.